The first kappa shape index (κ1) is 18.8. The highest BCUT2D eigenvalue weighted by molar-refractivity contribution is 6.05. The van der Waals surface area contributed by atoms with E-state index in [1.165, 1.54) is 6.07 Å². The molecule has 1 saturated heterocycles. The molecule has 29 heavy (non-hydrogen) atoms. The van der Waals surface area contributed by atoms with Crippen LogP contribution in [0.25, 0.3) is 22.0 Å². The monoisotopic (exact) mass is 387 g/mol. The second kappa shape index (κ2) is 7.86. The number of anilines is 1. The number of nitriles is 1. The van der Waals surface area contributed by atoms with Crippen LogP contribution in [0.5, 0.6) is 5.75 Å². The Morgan fingerprint density at radius 2 is 2.03 bits per heavy atom. The minimum Gasteiger partial charge on any atom is -0.507 e. The second-order valence-electron chi connectivity index (χ2n) is 7.38. The van der Waals surface area contributed by atoms with E-state index in [0.717, 1.165) is 36.7 Å². The van der Waals surface area contributed by atoms with Crippen LogP contribution in [0.15, 0.2) is 42.5 Å². The lowest BCUT2D eigenvalue weighted by Gasteiger charge is -2.28. The summed E-state index contributed by atoms with van der Waals surface area (Å²) in [6.45, 7) is 1.74. The molecule has 0 radical (unpaired) electrons. The molecule has 1 aliphatic rings. The topological polar surface area (TPSA) is 102 Å². The van der Waals surface area contributed by atoms with Gasteiger partial charge in [-0.15, -0.1) is 10.2 Å². The van der Waals surface area contributed by atoms with Gasteiger partial charge in [-0.2, -0.15) is 5.26 Å². The molecular weight excluding hydrogens is 366 g/mol. The van der Waals surface area contributed by atoms with Crippen LogP contribution in [-0.4, -0.2) is 46.2 Å². The van der Waals surface area contributed by atoms with Gasteiger partial charge in [-0.25, -0.2) is 0 Å². The van der Waals surface area contributed by atoms with Crippen molar-refractivity contribution >= 4 is 22.5 Å². The van der Waals surface area contributed by atoms with Gasteiger partial charge in [0, 0.05) is 22.9 Å². The van der Waals surface area contributed by atoms with Gasteiger partial charge in [-0.05, 0) is 44.6 Å². The van der Waals surface area contributed by atoms with Gasteiger partial charge in [0.1, 0.15) is 11.4 Å². The number of hydrogen-bond donors (Lipinski definition) is 2. The molecule has 3 aromatic rings. The van der Waals surface area contributed by atoms with E-state index in [4.69, 9.17) is 5.26 Å². The maximum Gasteiger partial charge on any atom is 0.229 e. The molecule has 1 atom stereocenters. The molecule has 1 amide bonds. The number of carbonyl (C=O) groups excluding carboxylic acids is 1. The zero-order valence-electron chi connectivity index (χ0n) is 16.1. The number of nitrogens with zero attached hydrogens (tertiary/aromatic N) is 4. The van der Waals surface area contributed by atoms with Gasteiger partial charge in [-0.1, -0.05) is 24.3 Å². The lowest BCUT2D eigenvalue weighted by atomic mass is 9.97. The van der Waals surface area contributed by atoms with Crippen molar-refractivity contribution in [3.63, 3.8) is 0 Å². The van der Waals surface area contributed by atoms with Crippen LogP contribution >= 0.6 is 0 Å². The Morgan fingerprint density at radius 1 is 1.24 bits per heavy atom. The molecule has 146 valence electrons. The molecule has 0 saturated carbocycles. The molecule has 2 heterocycles. The van der Waals surface area contributed by atoms with Gasteiger partial charge in [0.2, 0.25) is 5.91 Å². The Labute approximate surface area is 168 Å². The number of benzene rings is 2. The Bertz CT molecular complexity index is 1120. The first-order chi connectivity index (χ1) is 14.1. The summed E-state index contributed by atoms with van der Waals surface area (Å²) in [6, 6.07) is 14.2. The Balaban J connectivity index is 1.71. The zero-order chi connectivity index (χ0) is 20.4. The van der Waals surface area contributed by atoms with Crippen molar-refractivity contribution < 1.29 is 9.90 Å². The van der Waals surface area contributed by atoms with Gasteiger partial charge >= 0.3 is 0 Å². The van der Waals surface area contributed by atoms with Gasteiger partial charge in [0.15, 0.2) is 5.82 Å². The molecule has 1 aromatic heterocycles. The Kier molecular flexibility index (Phi) is 5.10. The number of piperidine rings is 1. The van der Waals surface area contributed by atoms with Crippen molar-refractivity contribution in [2.24, 2.45) is 5.92 Å². The molecule has 0 bridgehead atoms. The fraction of sp³-hybridized carbons (Fsp3) is 0.273. The maximum atomic E-state index is 12.8. The third-order valence-electron chi connectivity index (χ3n) is 5.31. The lowest BCUT2D eigenvalue weighted by molar-refractivity contribution is -0.121. The van der Waals surface area contributed by atoms with Crippen LogP contribution in [0, 0.1) is 17.2 Å². The average molecular weight is 387 g/mol. The summed E-state index contributed by atoms with van der Waals surface area (Å²) in [5.74, 6) is 0.253. The van der Waals surface area contributed by atoms with Crippen molar-refractivity contribution in [3.8, 4) is 23.1 Å². The van der Waals surface area contributed by atoms with E-state index < -0.39 is 0 Å². The van der Waals surface area contributed by atoms with Gasteiger partial charge in [0.25, 0.3) is 0 Å². The number of amides is 1. The van der Waals surface area contributed by atoms with Crippen LogP contribution in [0.1, 0.15) is 18.4 Å². The van der Waals surface area contributed by atoms with E-state index in [1.54, 1.807) is 12.1 Å². The molecule has 1 fully saturated rings. The Morgan fingerprint density at radius 3 is 2.76 bits per heavy atom. The lowest BCUT2D eigenvalue weighted by Crippen LogP contribution is -2.38. The largest absolute Gasteiger partial charge is 0.507 e. The number of rotatable bonds is 3. The minimum absolute atomic E-state index is 0.0365. The molecule has 1 aliphatic heterocycles. The van der Waals surface area contributed by atoms with E-state index in [0.29, 0.717) is 22.6 Å². The minimum atomic E-state index is -0.0726. The third-order valence-corrected chi connectivity index (χ3v) is 5.31. The molecule has 0 unspecified atom stereocenters. The van der Waals surface area contributed by atoms with E-state index in [2.05, 4.69) is 20.4 Å². The van der Waals surface area contributed by atoms with E-state index in [9.17, 15) is 9.90 Å². The Hall–Kier alpha value is -3.50. The molecule has 7 nitrogen and oxygen atoms in total. The summed E-state index contributed by atoms with van der Waals surface area (Å²) in [7, 11) is 2.02. The predicted octanol–water partition coefficient (Wildman–Crippen LogP) is 3.15. The number of phenolic OH excluding ortho intramolecular Hbond substituents is 1. The fourth-order valence-corrected chi connectivity index (χ4v) is 3.80. The second-order valence-corrected chi connectivity index (χ2v) is 7.38. The predicted molar refractivity (Wildman–Crippen MR) is 110 cm³/mol. The highest BCUT2D eigenvalue weighted by atomic mass is 16.3. The van der Waals surface area contributed by atoms with Crippen molar-refractivity contribution in [1.29, 1.82) is 5.26 Å². The number of carbonyl (C=O) groups is 1. The number of likely N-dealkylation sites (tertiary alicyclic amines) is 1. The van der Waals surface area contributed by atoms with E-state index in [-0.39, 0.29) is 17.6 Å². The summed E-state index contributed by atoms with van der Waals surface area (Å²) in [5, 5.41) is 32.3. The van der Waals surface area contributed by atoms with Gasteiger partial charge in [-0.3, -0.25) is 4.79 Å². The zero-order valence-corrected chi connectivity index (χ0v) is 16.1. The number of aromatic nitrogens is 2. The highest BCUT2D eigenvalue weighted by Gasteiger charge is 2.25. The maximum absolute atomic E-state index is 12.8. The molecular formula is C22H21N5O2. The van der Waals surface area contributed by atoms with Crippen molar-refractivity contribution in [2.45, 2.75) is 12.8 Å². The number of aromatic hydroxyl groups is 1. The van der Waals surface area contributed by atoms with Crippen LogP contribution in [0.2, 0.25) is 0 Å². The highest BCUT2D eigenvalue weighted by Crippen LogP contribution is 2.35. The number of phenols is 1. The normalized spacial score (nSPS) is 17.0. The van der Waals surface area contributed by atoms with Crippen LogP contribution in [0.3, 0.4) is 0 Å². The molecule has 0 spiro atoms. The summed E-state index contributed by atoms with van der Waals surface area (Å²) in [4.78, 5) is 14.9. The summed E-state index contributed by atoms with van der Waals surface area (Å²) in [6.07, 6.45) is 1.86. The molecule has 7 heteroatoms. The summed E-state index contributed by atoms with van der Waals surface area (Å²) < 4.78 is 0. The number of fused-ring (bicyclic) bond motifs is 1. The fourth-order valence-electron chi connectivity index (χ4n) is 3.80. The first-order valence-corrected chi connectivity index (χ1v) is 9.55. The molecule has 2 N–H and O–H groups in total. The van der Waals surface area contributed by atoms with E-state index >= 15 is 0 Å². The molecule has 2 aromatic carbocycles. The standard InChI is InChI=1S/C22H21N5O2/c1-27-10-4-5-15(13-27)22(29)24-21-17-7-3-2-6-16(17)20(25-26-21)18-9-8-14(12-23)11-19(18)28/h2-3,6-9,11,15,28H,4-5,10,13H2,1H3,(H,24,26,29)/t15-/m1/s1. The van der Waals surface area contributed by atoms with Crippen molar-refractivity contribution in [3.05, 3.63) is 48.0 Å². The average Bonchev–Trinajstić information content (AvgIpc) is 2.74. The van der Waals surface area contributed by atoms with Crippen LogP contribution in [0.4, 0.5) is 5.82 Å². The smallest absolute Gasteiger partial charge is 0.229 e. The van der Waals surface area contributed by atoms with Gasteiger partial charge in [0.05, 0.1) is 17.6 Å². The third kappa shape index (κ3) is 3.75. The van der Waals surface area contributed by atoms with Crippen molar-refractivity contribution in [1.82, 2.24) is 15.1 Å². The quantitative estimate of drug-likeness (QED) is 0.716. The summed E-state index contributed by atoms with van der Waals surface area (Å²) >= 11 is 0. The SMILES string of the molecule is CN1CCC[C@@H](C(=O)Nc2nnc(-c3ccc(C#N)cc3O)c3ccccc23)C1. The summed E-state index contributed by atoms with van der Waals surface area (Å²) in [5.41, 5.74) is 1.35. The van der Waals surface area contributed by atoms with Crippen LogP contribution in [-0.2, 0) is 4.79 Å². The first-order valence-electron chi connectivity index (χ1n) is 9.55. The van der Waals surface area contributed by atoms with Crippen molar-refractivity contribution in [2.75, 3.05) is 25.5 Å². The molecule has 0 aliphatic carbocycles. The van der Waals surface area contributed by atoms with E-state index in [1.807, 2.05) is 37.4 Å². The van der Waals surface area contributed by atoms with Gasteiger partial charge < -0.3 is 15.3 Å². The molecule has 4 rings (SSSR count). The number of hydrogen-bond acceptors (Lipinski definition) is 6. The number of nitrogens with one attached hydrogen (secondary N) is 1. The van der Waals surface area contributed by atoms with Crippen LogP contribution < -0.4 is 5.32 Å².